The van der Waals surface area contributed by atoms with Crippen molar-refractivity contribution in [3.8, 4) is 0 Å². The minimum Gasteiger partial charge on any atom is -0.0654 e. The maximum absolute atomic E-state index is 2.24. The van der Waals surface area contributed by atoms with Gasteiger partial charge in [0.1, 0.15) is 0 Å². The van der Waals surface area contributed by atoms with Crippen LogP contribution in [0.25, 0.3) is 0 Å². The van der Waals surface area contributed by atoms with Gasteiger partial charge in [-0.1, -0.05) is 101 Å². The lowest BCUT2D eigenvalue weighted by Crippen LogP contribution is -2.10. The lowest BCUT2D eigenvalue weighted by Gasteiger charge is -2.18. The Morgan fingerprint density at radius 3 is 1.67 bits per heavy atom. The predicted octanol–water partition coefficient (Wildman–Crippen LogP) is 6.40. The summed E-state index contributed by atoms with van der Waals surface area (Å²) in [7, 11) is 0. The van der Waals surface area contributed by atoms with Crippen LogP contribution in [0.3, 0.4) is 0 Å². The molecule has 0 saturated heterocycles. The number of hydrogen-bond donors (Lipinski definition) is 0. The van der Waals surface area contributed by atoms with Crippen molar-refractivity contribution in [1.29, 1.82) is 0 Å². The molecule has 0 saturated carbocycles. The summed E-state index contributed by atoms with van der Waals surface area (Å²) in [6.45, 7) is 8.91. The second kappa shape index (κ2) is 9.39. The van der Waals surface area contributed by atoms with Crippen LogP contribution in [0.5, 0.6) is 0 Å². The third-order valence-corrected chi connectivity index (χ3v) is 3.55. The van der Waals surface area contributed by atoms with Crippen molar-refractivity contribution in [3.05, 3.63) is 71.8 Å². The van der Waals surface area contributed by atoms with Gasteiger partial charge in [-0.15, -0.1) is 0 Å². The predicted molar refractivity (Wildman–Crippen MR) is 94.8 cm³/mol. The number of aryl methyl sites for hydroxylation is 1. The molecule has 0 aliphatic rings. The molecule has 2 aromatic carbocycles. The molecule has 0 radical (unpaired) electrons. The maximum atomic E-state index is 2.24. The van der Waals surface area contributed by atoms with Crippen LogP contribution in [0.2, 0.25) is 0 Å². The first-order valence-electron chi connectivity index (χ1n) is 8.13. The van der Waals surface area contributed by atoms with E-state index in [0.717, 1.165) is 0 Å². The number of unbranched alkanes of at least 4 members (excludes halogenated alkanes) is 2. The molecule has 0 amide bonds. The van der Waals surface area contributed by atoms with Crippen LogP contribution in [0.15, 0.2) is 60.7 Å². The molecule has 2 aromatic rings. The summed E-state index contributed by atoms with van der Waals surface area (Å²) in [4.78, 5) is 0. The van der Waals surface area contributed by atoms with Crippen LogP contribution in [0.1, 0.15) is 58.1 Å². The van der Waals surface area contributed by atoms with Crippen molar-refractivity contribution in [2.45, 2.75) is 58.8 Å². The molecule has 0 bridgehead atoms. The van der Waals surface area contributed by atoms with Gasteiger partial charge in [0.05, 0.1) is 0 Å². The summed E-state index contributed by atoms with van der Waals surface area (Å²) in [6, 6.07) is 21.3. The average Bonchev–Trinajstić information content (AvgIpc) is 2.49. The Hall–Kier alpha value is -1.56. The summed E-state index contributed by atoms with van der Waals surface area (Å²) in [5, 5.41) is 0. The van der Waals surface area contributed by atoms with E-state index < -0.39 is 0 Å². The molecule has 0 spiro atoms. The third-order valence-electron chi connectivity index (χ3n) is 3.55. The van der Waals surface area contributed by atoms with E-state index >= 15 is 0 Å². The zero-order valence-electron chi connectivity index (χ0n) is 14.1. The van der Waals surface area contributed by atoms with Gasteiger partial charge in [-0.3, -0.25) is 0 Å². The van der Waals surface area contributed by atoms with Gasteiger partial charge in [0.25, 0.3) is 0 Å². The third kappa shape index (κ3) is 7.70. The summed E-state index contributed by atoms with van der Waals surface area (Å²) in [5.41, 5.74) is 3.16. The van der Waals surface area contributed by atoms with Crippen LogP contribution in [-0.4, -0.2) is 0 Å². The Kier molecular flexibility index (Phi) is 7.82. The van der Waals surface area contributed by atoms with E-state index in [0.29, 0.717) is 5.41 Å². The Bertz CT molecular complexity index is 462. The Morgan fingerprint density at radius 2 is 1.24 bits per heavy atom. The Morgan fingerprint density at radius 1 is 0.714 bits per heavy atom. The van der Waals surface area contributed by atoms with Gasteiger partial charge in [-0.2, -0.15) is 0 Å². The summed E-state index contributed by atoms with van der Waals surface area (Å²) in [5.74, 6) is 0. The summed E-state index contributed by atoms with van der Waals surface area (Å²) in [6.07, 6.45) is 5.25. The van der Waals surface area contributed by atoms with E-state index in [1.54, 1.807) is 0 Å². The van der Waals surface area contributed by atoms with Gasteiger partial charge in [-0.25, -0.2) is 0 Å². The van der Waals surface area contributed by atoms with Crippen LogP contribution in [-0.2, 0) is 11.8 Å². The van der Waals surface area contributed by atoms with E-state index in [-0.39, 0.29) is 0 Å². The van der Waals surface area contributed by atoms with E-state index in [2.05, 4.69) is 88.4 Å². The van der Waals surface area contributed by atoms with Gasteiger partial charge in [0, 0.05) is 0 Å². The molecular weight excluding hydrogens is 252 g/mol. The van der Waals surface area contributed by atoms with Crippen LogP contribution < -0.4 is 0 Å². The van der Waals surface area contributed by atoms with E-state index in [9.17, 15) is 0 Å². The topological polar surface area (TPSA) is 0 Å². The fourth-order valence-corrected chi connectivity index (χ4v) is 2.16. The first-order chi connectivity index (χ1) is 10.0. The molecule has 0 atom stereocenters. The maximum Gasteiger partial charge on any atom is -0.0132 e. The quantitative estimate of drug-likeness (QED) is 0.569. The van der Waals surface area contributed by atoms with E-state index in [4.69, 9.17) is 0 Å². The van der Waals surface area contributed by atoms with Gasteiger partial charge in [0.2, 0.25) is 0 Å². The lowest BCUT2D eigenvalue weighted by molar-refractivity contribution is 0.590. The molecule has 0 fully saturated rings. The van der Waals surface area contributed by atoms with Gasteiger partial charge in [0.15, 0.2) is 0 Å². The highest BCUT2D eigenvalue weighted by atomic mass is 14.2. The molecule has 0 aliphatic carbocycles. The van der Waals surface area contributed by atoms with Gasteiger partial charge in [-0.05, 0) is 29.4 Å². The molecule has 2 rings (SSSR count). The van der Waals surface area contributed by atoms with Crippen molar-refractivity contribution in [2.75, 3.05) is 0 Å². The number of hydrogen-bond acceptors (Lipinski definition) is 0. The molecule has 0 unspecified atom stereocenters. The molecule has 114 valence electrons. The normalized spacial score (nSPS) is 10.7. The highest BCUT2D eigenvalue weighted by Gasteiger charge is 2.11. The minimum atomic E-state index is 0.293. The molecule has 0 aromatic heterocycles. The van der Waals surface area contributed by atoms with Crippen molar-refractivity contribution < 1.29 is 0 Å². The largest absolute Gasteiger partial charge is 0.0654 e. The zero-order valence-corrected chi connectivity index (χ0v) is 14.1. The van der Waals surface area contributed by atoms with Gasteiger partial charge < -0.3 is 0 Å². The molecule has 0 aliphatic heterocycles. The first-order valence-corrected chi connectivity index (χ1v) is 8.13. The number of rotatable bonds is 4. The second-order valence-electron chi connectivity index (χ2n) is 6.56. The van der Waals surface area contributed by atoms with E-state index in [1.165, 1.54) is 36.8 Å². The van der Waals surface area contributed by atoms with Crippen LogP contribution in [0, 0.1) is 0 Å². The highest BCUT2D eigenvalue weighted by molar-refractivity contribution is 5.22. The fourth-order valence-electron chi connectivity index (χ4n) is 2.16. The lowest BCUT2D eigenvalue weighted by atomic mass is 9.87. The molecule has 21 heavy (non-hydrogen) atoms. The van der Waals surface area contributed by atoms with Crippen LogP contribution >= 0.6 is 0 Å². The van der Waals surface area contributed by atoms with Crippen molar-refractivity contribution in [1.82, 2.24) is 0 Å². The van der Waals surface area contributed by atoms with Crippen LogP contribution in [0.4, 0.5) is 0 Å². The van der Waals surface area contributed by atoms with Crippen molar-refractivity contribution in [2.24, 2.45) is 0 Å². The monoisotopic (exact) mass is 282 g/mol. The average molecular weight is 282 g/mol. The first kappa shape index (κ1) is 17.5. The zero-order chi connectivity index (χ0) is 15.6. The fraction of sp³-hybridized carbons (Fsp3) is 0.429. The highest BCUT2D eigenvalue weighted by Crippen LogP contribution is 2.20. The van der Waals surface area contributed by atoms with E-state index in [1.807, 2.05) is 0 Å². The molecule has 0 heteroatoms. The van der Waals surface area contributed by atoms with Crippen molar-refractivity contribution in [3.63, 3.8) is 0 Å². The molecular formula is C21H30. The van der Waals surface area contributed by atoms with Crippen molar-refractivity contribution >= 4 is 0 Å². The summed E-state index contributed by atoms with van der Waals surface area (Å²) >= 11 is 0. The number of benzene rings is 2. The molecule has 0 nitrogen and oxygen atoms in total. The second-order valence-corrected chi connectivity index (χ2v) is 6.56. The minimum absolute atomic E-state index is 0.293. The molecule has 0 N–H and O–H groups in total. The standard InChI is InChI=1S/C11H16.C10H14/c1-2-3-5-8-11-9-6-4-7-10-11;1-10(2,3)9-7-5-4-6-8-9/h4,6-7,9-10H,2-3,5,8H2,1H3;4-8H,1-3H3. The van der Waals surface area contributed by atoms with Gasteiger partial charge >= 0.3 is 0 Å². The Balaban J connectivity index is 0.000000211. The smallest absolute Gasteiger partial charge is 0.0132 e. The summed E-state index contributed by atoms with van der Waals surface area (Å²) < 4.78 is 0. The molecule has 0 heterocycles. The Labute approximate surface area is 131 Å². The SMILES string of the molecule is CC(C)(C)c1ccccc1.CCCCCc1ccccc1.